The predicted octanol–water partition coefficient (Wildman–Crippen LogP) is 3.62. The average Bonchev–Trinajstić information content (AvgIpc) is 2.28. The molecule has 0 radical (unpaired) electrons. The molecule has 0 aliphatic heterocycles. The fourth-order valence-electron chi connectivity index (χ4n) is 2.76. The highest BCUT2D eigenvalue weighted by Crippen LogP contribution is 2.36. The van der Waals surface area contributed by atoms with Gasteiger partial charge in [0.05, 0.1) is 12.1 Å². The van der Waals surface area contributed by atoms with E-state index in [0.29, 0.717) is 5.92 Å². The van der Waals surface area contributed by atoms with Gasteiger partial charge >= 0.3 is 0 Å². The lowest BCUT2D eigenvalue weighted by molar-refractivity contribution is 0.0437. The van der Waals surface area contributed by atoms with Crippen LogP contribution in [-0.2, 0) is 4.74 Å². The minimum atomic E-state index is -0.0366. The molecular formula is C16H25NO. The molecule has 2 N–H and O–H groups in total. The SMILES string of the molecule is COC(C(C)C)C(N)c1ccc(C2CCC2)cc1. The summed E-state index contributed by atoms with van der Waals surface area (Å²) in [6.45, 7) is 4.30. The number of ether oxygens (including phenoxy) is 1. The maximum Gasteiger partial charge on any atom is 0.0786 e. The van der Waals surface area contributed by atoms with Gasteiger partial charge < -0.3 is 10.5 Å². The molecule has 0 spiro atoms. The predicted molar refractivity (Wildman–Crippen MR) is 75.6 cm³/mol. The van der Waals surface area contributed by atoms with E-state index in [4.69, 9.17) is 10.5 Å². The normalized spacial score (nSPS) is 19.6. The molecule has 1 saturated carbocycles. The highest BCUT2D eigenvalue weighted by molar-refractivity contribution is 5.29. The first-order valence-corrected chi connectivity index (χ1v) is 7.01. The smallest absolute Gasteiger partial charge is 0.0786 e. The van der Waals surface area contributed by atoms with E-state index in [1.54, 1.807) is 7.11 Å². The number of benzene rings is 1. The Morgan fingerprint density at radius 3 is 2.17 bits per heavy atom. The zero-order valence-corrected chi connectivity index (χ0v) is 11.7. The first-order chi connectivity index (χ1) is 8.63. The summed E-state index contributed by atoms with van der Waals surface area (Å²) in [7, 11) is 1.74. The molecule has 0 amide bonds. The molecule has 2 heteroatoms. The Bertz CT molecular complexity index is 367. The molecule has 0 aromatic heterocycles. The number of methoxy groups -OCH3 is 1. The van der Waals surface area contributed by atoms with Crippen molar-refractivity contribution >= 4 is 0 Å². The van der Waals surface area contributed by atoms with E-state index in [2.05, 4.69) is 38.1 Å². The second-order valence-corrected chi connectivity index (χ2v) is 5.76. The van der Waals surface area contributed by atoms with Crippen LogP contribution >= 0.6 is 0 Å². The van der Waals surface area contributed by atoms with Crippen molar-refractivity contribution < 1.29 is 4.74 Å². The van der Waals surface area contributed by atoms with Gasteiger partial charge in [0, 0.05) is 7.11 Å². The number of nitrogens with two attached hydrogens (primary N) is 1. The van der Waals surface area contributed by atoms with Crippen LogP contribution < -0.4 is 5.73 Å². The summed E-state index contributed by atoms with van der Waals surface area (Å²) < 4.78 is 5.51. The van der Waals surface area contributed by atoms with Crippen molar-refractivity contribution in [2.24, 2.45) is 11.7 Å². The van der Waals surface area contributed by atoms with Crippen LogP contribution in [-0.4, -0.2) is 13.2 Å². The molecule has 2 unspecified atom stereocenters. The van der Waals surface area contributed by atoms with Gasteiger partial charge in [-0.1, -0.05) is 44.5 Å². The minimum Gasteiger partial charge on any atom is -0.379 e. The third kappa shape index (κ3) is 2.76. The molecule has 2 nitrogen and oxygen atoms in total. The topological polar surface area (TPSA) is 35.2 Å². The van der Waals surface area contributed by atoms with Gasteiger partial charge in [-0.2, -0.15) is 0 Å². The van der Waals surface area contributed by atoms with Crippen molar-refractivity contribution in [3.05, 3.63) is 35.4 Å². The highest BCUT2D eigenvalue weighted by Gasteiger charge is 2.23. The lowest BCUT2D eigenvalue weighted by Crippen LogP contribution is -2.32. The second-order valence-electron chi connectivity index (χ2n) is 5.76. The van der Waals surface area contributed by atoms with Crippen LogP contribution in [0.15, 0.2) is 24.3 Å². The lowest BCUT2D eigenvalue weighted by Gasteiger charge is -2.28. The van der Waals surface area contributed by atoms with Crippen LogP contribution in [0.25, 0.3) is 0 Å². The maximum absolute atomic E-state index is 6.30. The van der Waals surface area contributed by atoms with E-state index in [1.807, 2.05) is 0 Å². The first kappa shape index (κ1) is 13.6. The van der Waals surface area contributed by atoms with Gasteiger partial charge in [0.15, 0.2) is 0 Å². The summed E-state index contributed by atoms with van der Waals surface area (Å²) in [4.78, 5) is 0. The zero-order chi connectivity index (χ0) is 13.1. The molecule has 0 saturated heterocycles. The fraction of sp³-hybridized carbons (Fsp3) is 0.625. The Hall–Kier alpha value is -0.860. The molecule has 1 aliphatic rings. The Morgan fingerprint density at radius 1 is 1.17 bits per heavy atom. The van der Waals surface area contributed by atoms with Crippen LogP contribution in [0.5, 0.6) is 0 Å². The quantitative estimate of drug-likeness (QED) is 0.862. The Balaban J connectivity index is 2.07. The molecule has 1 fully saturated rings. The van der Waals surface area contributed by atoms with E-state index in [-0.39, 0.29) is 12.1 Å². The van der Waals surface area contributed by atoms with Gasteiger partial charge in [0.2, 0.25) is 0 Å². The van der Waals surface area contributed by atoms with Gasteiger partial charge in [0.25, 0.3) is 0 Å². The second kappa shape index (κ2) is 5.85. The van der Waals surface area contributed by atoms with Gasteiger partial charge in [-0.3, -0.25) is 0 Å². The Labute approximate surface area is 111 Å². The summed E-state index contributed by atoms with van der Waals surface area (Å²) in [5, 5.41) is 0. The summed E-state index contributed by atoms with van der Waals surface area (Å²) in [5.74, 6) is 1.22. The number of rotatable bonds is 5. The molecule has 2 atom stereocenters. The van der Waals surface area contributed by atoms with E-state index in [9.17, 15) is 0 Å². The van der Waals surface area contributed by atoms with Crippen LogP contribution in [0, 0.1) is 5.92 Å². The summed E-state index contributed by atoms with van der Waals surface area (Å²) in [6.07, 6.45) is 4.15. The fourth-order valence-corrected chi connectivity index (χ4v) is 2.76. The molecule has 1 aromatic carbocycles. The van der Waals surface area contributed by atoms with E-state index in [0.717, 1.165) is 5.92 Å². The summed E-state index contributed by atoms with van der Waals surface area (Å²) in [5.41, 5.74) is 8.95. The molecule has 0 heterocycles. The standard InChI is InChI=1S/C16H25NO/c1-11(2)16(18-3)15(17)14-9-7-13(8-10-14)12-5-4-6-12/h7-12,15-16H,4-6,17H2,1-3H3. The van der Waals surface area contributed by atoms with Crippen molar-refractivity contribution in [1.82, 2.24) is 0 Å². The molecule has 100 valence electrons. The van der Waals surface area contributed by atoms with Crippen LogP contribution in [0.4, 0.5) is 0 Å². The van der Waals surface area contributed by atoms with Crippen molar-refractivity contribution in [1.29, 1.82) is 0 Å². The van der Waals surface area contributed by atoms with Crippen molar-refractivity contribution in [3.8, 4) is 0 Å². The monoisotopic (exact) mass is 247 g/mol. The molecule has 18 heavy (non-hydrogen) atoms. The van der Waals surface area contributed by atoms with E-state index in [1.165, 1.54) is 30.4 Å². The van der Waals surface area contributed by atoms with Gasteiger partial charge in [-0.25, -0.2) is 0 Å². The third-order valence-electron chi connectivity index (χ3n) is 4.18. The van der Waals surface area contributed by atoms with Gasteiger partial charge in [0.1, 0.15) is 0 Å². The average molecular weight is 247 g/mol. The van der Waals surface area contributed by atoms with Crippen molar-refractivity contribution in [2.75, 3.05) is 7.11 Å². The van der Waals surface area contributed by atoms with Crippen LogP contribution in [0.3, 0.4) is 0 Å². The molecular weight excluding hydrogens is 222 g/mol. The van der Waals surface area contributed by atoms with E-state index < -0.39 is 0 Å². The third-order valence-corrected chi connectivity index (χ3v) is 4.18. The minimum absolute atomic E-state index is 0.0366. The van der Waals surface area contributed by atoms with E-state index >= 15 is 0 Å². The molecule has 2 rings (SSSR count). The van der Waals surface area contributed by atoms with Crippen LogP contribution in [0.2, 0.25) is 0 Å². The molecule has 1 aromatic rings. The molecule has 0 bridgehead atoms. The first-order valence-electron chi connectivity index (χ1n) is 7.01. The highest BCUT2D eigenvalue weighted by atomic mass is 16.5. The van der Waals surface area contributed by atoms with Crippen LogP contribution in [0.1, 0.15) is 56.2 Å². The Kier molecular flexibility index (Phi) is 4.41. The Morgan fingerprint density at radius 2 is 1.78 bits per heavy atom. The summed E-state index contributed by atoms with van der Waals surface area (Å²) >= 11 is 0. The van der Waals surface area contributed by atoms with Gasteiger partial charge in [-0.05, 0) is 35.8 Å². The van der Waals surface area contributed by atoms with Gasteiger partial charge in [-0.15, -0.1) is 0 Å². The lowest BCUT2D eigenvalue weighted by atomic mass is 9.79. The summed E-state index contributed by atoms with van der Waals surface area (Å²) in [6, 6.07) is 8.79. The van der Waals surface area contributed by atoms with Crippen molar-refractivity contribution in [2.45, 2.75) is 51.2 Å². The number of hydrogen-bond acceptors (Lipinski definition) is 2. The largest absolute Gasteiger partial charge is 0.379 e. The molecule has 1 aliphatic carbocycles. The maximum atomic E-state index is 6.30. The number of hydrogen-bond donors (Lipinski definition) is 1. The van der Waals surface area contributed by atoms with Crippen molar-refractivity contribution in [3.63, 3.8) is 0 Å². The zero-order valence-electron chi connectivity index (χ0n) is 11.7.